The van der Waals surface area contributed by atoms with Gasteiger partial charge in [0.1, 0.15) is 5.82 Å². The second kappa shape index (κ2) is 7.64. The molecule has 2 saturated heterocycles. The van der Waals surface area contributed by atoms with E-state index in [1.54, 1.807) is 0 Å². The molecule has 0 aliphatic carbocycles. The fourth-order valence-electron chi connectivity index (χ4n) is 3.30. The minimum Gasteiger partial charge on any atom is -0.378 e. The Kier molecular flexibility index (Phi) is 5.33. The zero-order chi connectivity index (χ0) is 16.1. The summed E-state index contributed by atoms with van der Waals surface area (Å²) < 4.78 is 5.40. The Morgan fingerprint density at radius 1 is 1.35 bits per heavy atom. The van der Waals surface area contributed by atoms with Crippen molar-refractivity contribution < 1.29 is 9.53 Å². The smallest absolute Gasteiger partial charge is 0.317 e. The third-order valence-corrected chi connectivity index (χ3v) is 4.67. The van der Waals surface area contributed by atoms with Crippen LogP contribution in [0.15, 0.2) is 18.3 Å². The number of aromatic nitrogens is 1. The van der Waals surface area contributed by atoms with Crippen LogP contribution in [0.5, 0.6) is 0 Å². The number of hydrogen-bond donors (Lipinski definition) is 1. The van der Waals surface area contributed by atoms with E-state index in [4.69, 9.17) is 4.74 Å². The minimum absolute atomic E-state index is 0.0361. The van der Waals surface area contributed by atoms with Gasteiger partial charge in [0, 0.05) is 44.0 Å². The molecule has 0 aromatic carbocycles. The maximum atomic E-state index is 12.4. The fraction of sp³-hybridized carbons (Fsp3) is 0.647. The van der Waals surface area contributed by atoms with Gasteiger partial charge in [-0.1, -0.05) is 6.07 Å². The van der Waals surface area contributed by atoms with Crippen molar-refractivity contribution in [3.63, 3.8) is 0 Å². The van der Waals surface area contributed by atoms with Crippen molar-refractivity contribution >= 4 is 11.8 Å². The van der Waals surface area contributed by atoms with E-state index in [9.17, 15) is 4.79 Å². The van der Waals surface area contributed by atoms with Gasteiger partial charge in [0.25, 0.3) is 0 Å². The lowest BCUT2D eigenvalue weighted by Gasteiger charge is -2.33. The molecule has 2 fully saturated rings. The third-order valence-electron chi connectivity index (χ3n) is 4.67. The number of urea groups is 1. The van der Waals surface area contributed by atoms with E-state index in [-0.39, 0.29) is 6.03 Å². The van der Waals surface area contributed by atoms with Crippen LogP contribution in [0.4, 0.5) is 10.6 Å². The molecule has 0 spiro atoms. The van der Waals surface area contributed by atoms with E-state index in [1.807, 2.05) is 23.2 Å². The van der Waals surface area contributed by atoms with Crippen LogP contribution >= 0.6 is 0 Å². The SMILES string of the molecule is CC1CCCCN1C(=O)NCc1cccnc1N1CCOCC1. The van der Waals surface area contributed by atoms with Gasteiger partial charge >= 0.3 is 6.03 Å². The number of amides is 2. The second-order valence-corrected chi connectivity index (χ2v) is 6.28. The largest absolute Gasteiger partial charge is 0.378 e. The first-order valence-corrected chi connectivity index (χ1v) is 8.57. The number of hydrogen-bond acceptors (Lipinski definition) is 4. The number of nitrogens with one attached hydrogen (secondary N) is 1. The van der Waals surface area contributed by atoms with Gasteiger partial charge in [-0.2, -0.15) is 0 Å². The summed E-state index contributed by atoms with van der Waals surface area (Å²) >= 11 is 0. The van der Waals surface area contributed by atoms with Crippen LogP contribution < -0.4 is 10.2 Å². The standard InChI is InChI=1S/C17H26N4O2/c1-14-5-2-3-8-21(14)17(22)19-13-15-6-4-7-18-16(15)20-9-11-23-12-10-20/h4,6-7,14H,2-3,5,8-13H2,1H3,(H,19,22). The molecule has 1 unspecified atom stereocenters. The van der Waals surface area contributed by atoms with Crippen molar-refractivity contribution in [1.29, 1.82) is 0 Å². The Hall–Kier alpha value is -1.82. The lowest BCUT2D eigenvalue weighted by Crippen LogP contribution is -2.47. The summed E-state index contributed by atoms with van der Waals surface area (Å²) in [5.74, 6) is 0.961. The van der Waals surface area contributed by atoms with Gasteiger partial charge in [0.2, 0.25) is 0 Å². The summed E-state index contributed by atoms with van der Waals surface area (Å²) in [6, 6.07) is 4.33. The normalized spacial score (nSPS) is 22.0. The first-order valence-electron chi connectivity index (χ1n) is 8.57. The Bertz CT molecular complexity index is 531. The number of rotatable bonds is 3. The lowest BCUT2D eigenvalue weighted by atomic mass is 10.0. The number of pyridine rings is 1. The molecule has 6 heteroatoms. The van der Waals surface area contributed by atoms with Gasteiger partial charge in [-0.25, -0.2) is 9.78 Å². The van der Waals surface area contributed by atoms with E-state index in [2.05, 4.69) is 22.1 Å². The molecular formula is C17H26N4O2. The predicted octanol–water partition coefficient (Wildman–Crippen LogP) is 2.00. The highest BCUT2D eigenvalue weighted by atomic mass is 16.5. The highest BCUT2D eigenvalue weighted by Crippen LogP contribution is 2.19. The van der Waals surface area contributed by atoms with Crippen LogP contribution in [0.1, 0.15) is 31.7 Å². The van der Waals surface area contributed by atoms with Gasteiger partial charge in [0.15, 0.2) is 0 Å². The Labute approximate surface area is 137 Å². The maximum absolute atomic E-state index is 12.4. The van der Waals surface area contributed by atoms with Crippen LogP contribution in [-0.4, -0.2) is 54.8 Å². The molecule has 6 nitrogen and oxygen atoms in total. The number of likely N-dealkylation sites (tertiary alicyclic amines) is 1. The van der Waals surface area contributed by atoms with Crippen molar-refractivity contribution in [3.05, 3.63) is 23.9 Å². The Morgan fingerprint density at radius 3 is 2.96 bits per heavy atom. The summed E-state index contributed by atoms with van der Waals surface area (Å²) in [5.41, 5.74) is 1.06. The zero-order valence-electron chi connectivity index (χ0n) is 13.8. The quantitative estimate of drug-likeness (QED) is 0.926. The van der Waals surface area contributed by atoms with Gasteiger partial charge < -0.3 is 19.9 Å². The minimum atomic E-state index is 0.0361. The van der Waals surface area contributed by atoms with Crippen molar-refractivity contribution in [3.8, 4) is 0 Å². The molecule has 0 bridgehead atoms. The van der Waals surface area contributed by atoms with E-state index >= 15 is 0 Å². The number of nitrogens with zero attached hydrogens (tertiary/aromatic N) is 3. The summed E-state index contributed by atoms with van der Waals surface area (Å²) in [4.78, 5) is 21.1. The molecule has 3 rings (SSSR count). The van der Waals surface area contributed by atoms with Crippen LogP contribution in [0.25, 0.3) is 0 Å². The number of anilines is 1. The summed E-state index contributed by atoms with van der Waals surface area (Å²) in [6.07, 6.45) is 5.22. The first-order chi connectivity index (χ1) is 11.3. The summed E-state index contributed by atoms with van der Waals surface area (Å²) in [5, 5.41) is 3.07. The van der Waals surface area contributed by atoms with E-state index < -0.39 is 0 Å². The molecule has 126 valence electrons. The van der Waals surface area contributed by atoms with E-state index in [1.165, 1.54) is 6.42 Å². The third kappa shape index (κ3) is 3.93. The molecular weight excluding hydrogens is 292 g/mol. The van der Waals surface area contributed by atoms with Crippen molar-refractivity contribution in [2.45, 2.75) is 38.8 Å². The summed E-state index contributed by atoms with van der Waals surface area (Å²) in [7, 11) is 0. The Balaban J connectivity index is 1.62. The molecule has 0 saturated carbocycles. The van der Waals surface area contributed by atoms with Gasteiger partial charge in [-0.3, -0.25) is 0 Å². The molecule has 1 aromatic heterocycles. The van der Waals surface area contributed by atoms with Crippen LogP contribution in [0.2, 0.25) is 0 Å². The van der Waals surface area contributed by atoms with Crippen molar-refractivity contribution in [2.75, 3.05) is 37.7 Å². The number of ether oxygens (including phenoxy) is 1. The van der Waals surface area contributed by atoms with Gasteiger partial charge in [-0.15, -0.1) is 0 Å². The zero-order valence-corrected chi connectivity index (χ0v) is 13.8. The highest BCUT2D eigenvalue weighted by molar-refractivity contribution is 5.74. The average Bonchev–Trinajstić information content (AvgIpc) is 2.61. The topological polar surface area (TPSA) is 57.7 Å². The maximum Gasteiger partial charge on any atom is 0.317 e. The monoisotopic (exact) mass is 318 g/mol. The van der Waals surface area contributed by atoms with Crippen LogP contribution in [-0.2, 0) is 11.3 Å². The van der Waals surface area contributed by atoms with Gasteiger partial charge in [-0.05, 0) is 32.3 Å². The van der Waals surface area contributed by atoms with E-state index in [0.29, 0.717) is 12.6 Å². The molecule has 2 aliphatic heterocycles. The van der Waals surface area contributed by atoms with Crippen LogP contribution in [0.3, 0.4) is 0 Å². The predicted molar refractivity (Wildman–Crippen MR) is 89.5 cm³/mol. The van der Waals surface area contributed by atoms with E-state index in [0.717, 1.165) is 57.1 Å². The lowest BCUT2D eigenvalue weighted by molar-refractivity contribution is 0.122. The molecule has 1 N–H and O–H groups in total. The fourth-order valence-corrected chi connectivity index (χ4v) is 3.30. The number of carbonyl (C=O) groups is 1. The molecule has 1 aromatic rings. The highest BCUT2D eigenvalue weighted by Gasteiger charge is 2.23. The van der Waals surface area contributed by atoms with Crippen molar-refractivity contribution in [2.24, 2.45) is 0 Å². The molecule has 3 heterocycles. The molecule has 0 radical (unpaired) electrons. The number of morpholine rings is 1. The molecule has 2 amide bonds. The molecule has 23 heavy (non-hydrogen) atoms. The average molecular weight is 318 g/mol. The second-order valence-electron chi connectivity index (χ2n) is 6.28. The number of carbonyl (C=O) groups excluding carboxylic acids is 1. The number of piperidine rings is 1. The van der Waals surface area contributed by atoms with Crippen LogP contribution in [0, 0.1) is 0 Å². The molecule has 1 atom stereocenters. The van der Waals surface area contributed by atoms with Crippen molar-refractivity contribution in [1.82, 2.24) is 15.2 Å². The van der Waals surface area contributed by atoms with Gasteiger partial charge in [0.05, 0.1) is 13.2 Å². The molecule has 2 aliphatic rings. The summed E-state index contributed by atoms with van der Waals surface area (Å²) in [6.45, 7) is 6.66. The Morgan fingerprint density at radius 2 is 2.17 bits per heavy atom. The first kappa shape index (κ1) is 16.1.